The van der Waals surface area contributed by atoms with Crippen LogP contribution in [-0.4, -0.2) is 83.6 Å². The van der Waals surface area contributed by atoms with Crippen LogP contribution in [0.1, 0.15) is 26.0 Å². The van der Waals surface area contributed by atoms with Crippen LogP contribution < -0.4 is 11.1 Å². The van der Waals surface area contributed by atoms with E-state index in [4.69, 9.17) is 24.8 Å². The number of thiazole rings is 1. The first kappa shape index (κ1) is 26.4. The van der Waals surface area contributed by atoms with Gasteiger partial charge in [-0.1, -0.05) is 12.1 Å². The summed E-state index contributed by atoms with van der Waals surface area (Å²) in [6.07, 6.45) is 0.127. The molecule has 0 aromatic carbocycles. The molecule has 2 aliphatic heterocycles. The van der Waals surface area contributed by atoms with Crippen LogP contribution in [0.25, 0.3) is 0 Å². The van der Waals surface area contributed by atoms with Crippen molar-refractivity contribution in [3.63, 3.8) is 0 Å². The second-order valence-electron chi connectivity index (χ2n) is 7.09. The molecular formula is C20H25N5O8S2. The number of amides is 2. The fraction of sp³-hybridized carbons (Fsp3) is 0.500. The Balaban J connectivity index is 1.75. The smallest absolute Gasteiger partial charge is 0.358 e. The molecule has 15 heteroatoms. The van der Waals surface area contributed by atoms with Crippen molar-refractivity contribution in [1.82, 2.24) is 15.2 Å². The number of oxime groups is 1. The van der Waals surface area contributed by atoms with E-state index >= 15 is 0 Å². The molecule has 1 saturated heterocycles. The highest BCUT2D eigenvalue weighted by Gasteiger charge is 2.54. The number of nitrogens with one attached hydrogen (secondary N) is 1. The maximum absolute atomic E-state index is 13.0. The monoisotopic (exact) mass is 527 g/mol. The number of rotatable bonds is 11. The molecule has 0 aliphatic carbocycles. The second-order valence-corrected chi connectivity index (χ2v) is 9.09. The lowest BCUT2D eigenvalue weighted by Gasteiger charge is -2.49. The van der Waals surface area contributed by atoms with E-state index in [1.165, 1.54) is 23.8 Å². The summed E-state index contributed by atoms with van der Waals surface area (Å²) in [5.74, 6) is -2.20. The van der Waals surface area contributed by atoms with E-state index < -0.39 is 42.0 Å². The number of nitrogen functional groups attached to an aromatic ring is 1. The van der Waals surface area contributed by atoms with Gasteiger partial charge >= 0.3 is 11.9 Å². The highest BCUT2D eigenvalue weighted by atomic mass is 32.2. The Morgan fingerprint density at radius 2 is 2.09 bits per heavy atom. The summed E-state index contributed by atoms with van der Waals surface area (Å²) < 4.78 is 15.0. The van der Waals surface area contributed by atoms with Crippen molar-refractivity contribution in [1.29, 1.82) is 0 Å². The maximum Gasteiger partial charge on any atom is 0.358 e. The first-order valence-electron chi connectivity index (χ1n) is 10.5. The molecule has 13 nitrogen and oxygen atoms in total. The van der Waals surface area contributed by atoms with Gasteiger partial charge in [-0.3, -0.25) is 19.3 Å². The summed E-state index contributed by atoms with van der Waals surface area (Å²) in [6, 6.07) is -0.930. The zero-order valence-corrected chi connectivity index (χ0v) is 20.9. The van der Waals surface area contributed by atoms with E-state index in [2.05, 4.69) is 15.5 Å². The summed E-state index contributed by atoms with van der Waals surface area (Å²) in [4.78, 5) is 60.4. The SMILES string of the molecule is CCO/N=C(/C(=O)NC1C(=O)N2C(C(=O)OCOC(=O)CC)=C(COC)CS[C@H]12)c1csc(N)n1. The van der Waals surface area contributed by atoms with Crippen molar-refractivity contribution in [2.45, 2.75) is 31.7 Å². The van der Waals surface area contributed by atoms with Crippen LogP contribution in [-0.2, 0) is 38.2 Å². The fourth-order valence-electron chi connectivity index (χ4n) is 3.22. The van der Waals surface area contributed by atoms with Gasteiger partial charge in [0.05, 0.1) is 6.61 Å². The Bertz CT molecular complexity index is 1060. The van der Waals surface area contributed by atoms with E-state index in [1.807, 2.05) is 0 Å². The van der Waals surface area contributed by atoms with Crippen molar-refractivity contribution >= 4 is 57.7 Å². The minimum absolute atomic E-state index is 0.00845. The fourth-order valence-corrected chi connectivity index (χ4v) is 5.09. The molecular weight excluding hydrogens is 502 g/mol. The number of aromatic nitrogens is 1. The summed E-state index contributed by atoms with van der Waals surface area (Å²) >= 11 is 2.48. The molecule has 1 aromatic heterocycles. The van der Waals surface area contributed by atoms with Crippen LogP contribution in [0.4, 0.5) is 5.13 Å². The van der Waals surface area contributed by atoms with Gasteiger partial charge in [-0.25, -0.2) is 9.78 Å². The largest absolute Gasteiger partial charge is 0.428 e. The molecule has 1 unspecified atom stereocenters. The normalized spacial score (nSPS) is 19.6. The number of hydrogen-bond donors (Lipinski definition) is 2. The van der Waals surface area contributed by atoms with Gasteiger partial charge in [0, 0.05) is 24.7 Å². The number of carbonyl (C=O) groups excluding carboxylic acids is 4. The third kappa shape index (κ3) is 5.91. The van der Waals surface area contributed by atoms with Crippen LogP contribution >= 0.6 is 23.1 Å². The molecule has 2 aliphatic rings. The molecule has 190 valence electrons. The van der Waals surface area contributed by atoms with E-state index in [0.717, 1.165) is 11.3 Å². The van der Waals surface area contributed by atoms with Gasteiger partial charge in [0.15, 0.2) is 10.8 Å². The van der Waals surface area contributed by atoms with Crippen molar-refractivity contribution in [3.8, 4) is 0 Å². The number of fused-ring (bicyclic) bond motifs is 1. The number of methoxy groups -OCH3 is 1. The number of nitrogens with two attached hydrogens (primary N) is 1. The van der Waals surface area contributed by atoms with Crippen molar-refractivity contribution < 1.29 is 38.2 Å². The van der Waals surface area contributed by atoms with E-state index in [-0.39, 0.29) is 41.9 Å². The summed E-state index contributed by atoms with van der Waals surface area (Å²) in [5, 5.41) is 7.69. The molecule has 0 saturated carbocycles. The molecule has 3 rings (SSSR count). The lowest BCUT2D eigenvalue weighted by molar-refractivity contribution is -0.167. The number of thioether (sulfide) groups is 1. The zero-order chi connectivity index (χ0) is 25.5. The van der Waals surface area contributed by atoms with Crippen molar-refractivity contribution in [2.24, 2.45) is 5.16 Å². The molecule has 3 N–H and O–H groups in total. The van der Waals surface area contributed by atoms with Gasteiger partial charge in [-0.15, -0.1) is 23.1 Å². The summed E-state index contributed by atoms with van der Waals surface area (Å²) in [5.41, 5.74) is 6.30. The lowest BCUT2D eigenvalue weighted by atomic mass is 10.0. The maximum atomic E-state index is 13.0. The van der Waals surface area contributed by atoms with Gasteiger partial charge in [-0.2, -0.15) is 0 Å². The van der Waals surface area contributed by atoms with Gasteiger partial charge in [-0.05, 0) is 12.5 Å². The standard InChI is InChI=1S/C20H25N5O8S2/c1-4-12(26)31-9-32-19(29)15-10(6-30-3)7-34-18-14(17(28)25(15)18)23-16(27)13(24-33-5-2)11-8-35-20(21)22-11/h8,14,18H,4-7,9H2,1-3H3,(H2,21,22)(H,23,27)/b24-13+/t14?,18-/m1/s1. The van der Waals surface area contributed by atoms with Crippen LogP contribution in [0.15, 0.2) is 21.8 Å². The second kappa shape index (κ2) is 12.0. The number of ether oxygens (including phenoxy) is 3. The zero-order valence-electron chi connectivity index (χ0n) is 19.3. The first-order chi connectivity index (χ1) is 16.8. The molecule has 0 bridgehead atoms. The molecule has 0 spiro atoms. The first-order valence-corrected chi connectivity index (χ1v) is 12.5. The molecule has 1 fully saturated rings. The van der Waals surface area contributed by atoms with Crippen LogP contribution in [0, 0.1) is 0 Å². The molecule has 2 atom stereocenters. The number of esters is 2. The van der Waals surface area contributed by atoms with Crippen LogP contribution in [0.5, 0.6) is 0 Å². The van der Waals surface area contributed by atoms with Gasteiger partial charge < -0.3 is 30.1 Å². The average Bonchev–Trinajstić information content (AvgIpc) is 3.28. The lowest BCUT2D eigenvalue weighted by Crippen LogP contribution is -2.71. The predicted molar refractivity (Wildman–Crippen MR) is 126 cm³/mol. The van der Waals surface area contributed by atoms with Crippen molar-refractivity contribution in [2.75, 3.05) is 38.6 Å². The number of carbonyl (C=O) groups is 4. The van der Waals surface area contributed by atoms with E-state index in [0.29, 0.717) is 11.3 Å². The summed E-state index contributed by atoms with van der Waals surface area (Å²) in [6.45, 7) is 3.04. The van der Waals surface area contributed by atoms with Crippen LogP contribution in [0.3, 0.4) is 0 Å². The Morgan fingerprint density at radius 3 is 2.71 bits per heavy atom. The molecule has 1 aromatic rings. The summed E-state index contributed by atoms with van der Waals surface area (Å²) in [7, 11) is 1.46. The number of β-lactam (4-membered cyclic amide) rings is 1. The molecule has 3 heterocycles. The molecule has 35 heavy (non-hydrogen) atoms. The Labute approximate surface area is 209 Å². The topological polar surface area (TPSA) is 172 Å². The van der Waals surface area contributed by atoms with Crippen LogP contribution in [0.2, 0.25) is 0 Å². The number of nitrogens with zero attached hydrogens (tertiary/aromatic N) is 3. The van der Waals surface area contributed by atoms with Gasteiger partial charge in [0.1, 0.15) is 29.4 Å². The predicted octanol–water partition coefficient (Wildman–Crippen LogP) is 0.220. The van der Waals surface area contributed by atoms with Crippen molar-refractivity contribution in [3.05, 3.63) is 22.3 Å². The highest BCUT2D eigenvalue weighted by molar-refractivity contribution is 8.00. The van der Waals surface area contributed by atoms with E-state index in [9.17, 15) is 19.2 Å². The quantitative estimate of drug-likeness (QED) is 0.133. The third-order valence-corrected chi connectivity index (χ3v) is 6.82. The Kier molecular flexibility index (Phi) is 9.06. The third-order valence-electron chi connectivity index (χ3n) is 4.81. The minimum atomic E-state index is -0.930. The number of anilines is 1. The molecule has 2 amide bonds. The van der Waals surface area contributed by atoms with Gasteiger partial charge in [0.25, 0.3) is 11.8 Å². The van der Waals surface area contributed by atoms with Gasteiger partial charge in [0.2, 0.25) is 6.79 Å². The average molecular weight is 528 g/mol. The minimum Gasteiger partial charge on any atom is -0.428 e. The van der Waals surface area contributed by atoms with E-state index in [1.54, 1.807) is 19.2 Å². The molecule has 0 radical (unpaired) electrons. The Hall–Kier alpha value is -3.17. The Morgan fingerprint density at radius 1 is 1.31 bits per heavy atom. The highest BCUT2D eigenvalue weighted by Crippen LogP contribution is 2.40. The number of hydrogen-bond acceptors (Lipinski definition) is 13.